The van der Waals surface area contributed by atoms with Crippen LogP contribution in [-0.2, 0) is 9.53 Å². The zero-order chi connectivity index (χ0) is 15.1. The molecule has 6 nitrogen and oxygen atoms in total. The van der Waals surface area contributed by atoms with Crippen molar-refractivity contribution in [3.8, 4) is 11.8 Å². The average molecular weight is 389 g/mol. The number of hydrogen-bond donors (Lipinski definition) is 2. The fraction of sp³-hybridized carbons (Fsp3) is 0.385. The minimum Gasteiger partial charge on any atom is -0.478 e. The van der Waals surface area contributed by atoms with Gasteiger partial charge in [-0.15, -0.1) is 0 Å². The van der Waals surface area contributed by atoms with Crippen molar-refractivity contribution in [1.29, 1.82) is 5.26 Å². The van der Waals surface area contributed by atoms with Crippen molar-refractivity contribution < 1.29 is 14.3 Å². The molecule has 0 saturated heterocycles. The van der Waals surface area contributed by atoms with Crippen molar-refractivity contribution in [2.24, 2.45) is 0 Å². The van der Waals surface area contributed by atoms with Crippen LogP contribution >= 0.6 is 22.6 Å². The number of hydrogen-bond acceptors (Lipinski definition) is 5. The maximum atomic E-state index is 11.8. The molecule has 0 aliphatic heterocycles. The van der Waals surface area contributed by atoms with E-state index in [1.807, 2.05) is 28.7 Å². The van der Waals surface area contributed by atoms with Crippen LogP contribution in [0.15, 0.2) is 12.1 Å². The molecule has 0 saturated carbocycles. The van der Waals surface area contributed by atoms with Gasteiger partial charge in [-0.2, -0.15) is 5.26 Å². The minimum atomic E-state index is -0.685. The maximum absolute atomic E-state index is 11.8. The predicted molar refractivity (Wildman–Crippen MR) is 83.3 cm³/mol. The van der Waals surface area contributed by atoms with Crippen LogP contribution in [0.1, 0.15) is 12.5 Å². The smallest absolute Gasteiger partial charge is 0.260 e. The predicted octanol–water partition coefficient (Wildman–Crippen LogP) is 1.27. The van der Waals surface area contributed by atoms with E-state index in [0.717, 1.165) is 0 Å². The lowest BCUT2D eigenvalue weighted by atomic mass is 10.2. The monoisotopic (exact) mass is 389 g/mol. The summed E-state index contributed by atoms with van der Waals surface area (Å²) < 4.78 is 11.1. The number of methoxy groups -OCH3 is 1. The number of halogens is 1. The molecular weight excluding hydrogens is 373 g/mol. The summed E-state index contributed by atoms with van der Waals surface area (Å²) in [6, 6.07) is 5.19. The third-order valence-corrected chi connectivity index (χ3v) is 3.27. The molecule has 1 atom stereocenters. The molecular formula is C13H16IN3O3. The van der Waals surface area contributed by atoms with Gasteiger partial charge in [0.15, 0.2) is 11.9 Å². The second-order valence-corrected chi connectivity index (χ2v) is 5.19. The molecule has 3 N–H and O–H groups in total. The Labute approximate surface area is 131 Å². The van der Waals surface area contributed by atoms with Gasteiger partial charge in [-0.05, 0) is 41.6 Å². The SMILES string of the molecule is COCCNC(=O)C(C)Oc1c(N)cc(C#N)cc1I. The van der Waals surface area contributed by atoms with Crippen LogP contribution in [0.25, 0.3) is 0 Å². The molecule has 1 rings (SSSR count). The van der Waals surface area contributed by atoms with Gasteiger partial charge in [0.2, 0.25) is 0 Å². The molecule has 1 unspecified atom stereocenters. The molecule has 0 aromatic heterocycles. The molecule has 1 aromatic rings. The average Bonchev–Trinajstić information content (AvgIpc) is 2.42. The summed E-state index contributed by atoms with van der Waals surface area (Å²) in [5.41, 5.74) is 6.63. The second kappa shape index (κ2) is 7.91. The minimum absolute atomic E-state index is 0.249. The van der Waals surface area contributed by atoms with Crippen LogP contribution < -0.4 is 15.8 Å². The highest BCUT2D eigenvalue weighted by Crippen LogP contribution is 2.30. The largest absolute Gasteiger partial charge is 0.478 e. The highest BCUT2D eigenvalue weighted by Gasteiger charge is 2.17. The van der Waals surface area contributed by atoms with Crippen molar-refractivity contribution in [2.75, 3.05) is 26.0 Å². The molecule has 1 aromatic carbocycles. The van der Waals surface area contributed by atoms with Crippen LogP contribution in [-0.4, -0.2) is 32.3 Å². The highest BCUT2D eigenvalue weighted by molar-refractivity contribution is 14.1. The lowest BCUT2D eigenvalue weighted by molar-refractivity contribution is -0.127. The molecule has 0 fully saturated rings. The number of amides is 1. The number of nitrogens with one attached hydrogen (secondary N) is 1. The number of nitrogen functional groups attached to an aromatic ring is 1. The van der Waals surface area contributed by atoms with E-state index in [-0.39, 0.29) is 5.91 Å². The van der Waals surface area contributed by atoms with E-state index in [0.29, 0.717) is 33.7 Å². The van der Waals surface area contributed by atoms with Crippen molar-refractivity contribution in [2.45, 2.75) is 13.0 Å². The third kappa shape index (κ3) is 4.54. The number of carbonyl (C=O) groups is 1. The number of nitrogens with two attached hydrogens (primary N) is 1. The first kappa shape index (κ1) is 16.5. The molecule has 0 heterocycles. The van der Waals surface area contributed by atoms with Gasteiger partial charge < -0.3 is 20.5 Å². The first-order chi connectivity index (χ1) is 9.49. The zero-order valence-electron chi connectivity index (χ0n) is 11.3. The number of nitrogens with zero attached hydrogens (tertiary/aromatic N) is 1. The van der Waals surface area contributed by atoms with Crippen molar-refractivity contribution >= 4 is 34.2 Å². The summed E-state index contributed by atoms with van der Waals surface area (Å²) in [4.78, 5) is 11.8. The maximum Gasteiger partial charge on any atom is 0.260 e. The van der Waals surface area contributed by atoms with Crippen LogP contribution in [0.5, 0.6) is 5.75 Å². The molecule has 0 aliphatic rings. The summed E-state index contributed by atoms with van der Waals surface area (Å²) in [6.07, 6.45) is -0.685. The Morgan fingerprint density at radius 3 is 2.85 bits per heavy atom. The van der Waals surface area contributed by atoms with Gasteiger partial charge >= 0.3 is 0 Å². The lowest BCUT2D eigenvalue weighted by Gasteiger charge is -2.17. The molecule has 7 heteroatoms. The fourth-order valence-corrected chi connectivity index (χ4v) is 2.23. The van der Waals surface area contributed by atoms with Gasteiger partial charge in [0, 0.05) is 13.7 Å². The van der Waals surface area contributed by atoms with Gasteiger partial charge in [-0.25, -0.2) is 0 Å². The van der Waals surface area contributed by atoms with E-state index in [1.54, 1.807) is 20.1 Å². The Morgan fingerprint density at radius 1 is 1.60 bits per heavy atom. The lowest BCUT2D eigenvalue weighted by Crippen LogP contribution is -2.38. The number of ether oxygens (including phenoxy) is 2. The summed E-state index contributed by atoms with van der Waals surface area (Å²) in [6.45, 7) is 2.49. The fourth-order valence-electron chi connectivity index (χ4n) is 1.45. The van der Waals surface area contributed by atoms with E-state index in [9.17, 15) is 4.79 Å². The summed E-state index contributed by atoms with van der Waals surface area (Å²) >= 11 is 2.02. The molecule has 0 spiro atoms. The number of rotatable bonds is 6. The van der Waals surface area contributed by atoms with Crippen LogP contribution in [0.4, 0.5) is 5.69 Å². The Bertz CT molecular complexity index is 505. The molecule has 0 bridgehead atoms. The first-order valence-electron chi connectivity index (χ1n) is 5.92. The summed E-state index contributed by atoms with van der Waals surface area (Å²) in [5.74, 6) is 0.167. The van der Waals surface area contributed by atoms with Gasteiger partial charge in [-0.1, -0.05) is 0 Å². The number of benzene rings is 1. The molecule has 20 heavy (non-hydrogen) atoms. The number of nitriles is 1. The Kier molecular flexibility index (Phi) is 6.54. The topological polar surface area (TPSA) is 97.4 Å². The van der Waals surface area contributed by atoms with E-state index < -0.39 is 6.10 Å². The summed E-state index contributed by atoms with van der Waals surface area (Å²) in [7, 11) is 1.56. The second-order valence-electron chi connectivity index (χ2n) is 4.03. The normalized spacial score (nSPS) is 11.5. The van der Waals surface area contributed by atoms with Gasteiger partial charge in [0.1, 0.15) is 0 Å². The van der Waals surface area contributed by atoms with E-state index in [1.165, 1.54) is 6.07 Å². The third-order valence-electron chi connectivity index (χ3n) is 2.47. The molecule has 0 radical (unpaired) electrons. The number of carbonyl (C=O) groups excluding carboxylic acids is 1. The molecule has 1 amide bonds. The van der Waals surface area contributed by atoms with Crippen molar-refractivity contribution in [1.82, 2.24) is 5.32 Å². The zero-order valence-corrected chi connectivity index (χ0v) is 13.4. The summed E-state index contributed by atoms with van der Waals surface area (Å²) in [5, 5.41) is 11.5. The van der Waals surface area contributed by atoms with Gasteiger partial charge in [-0.3, -0.25) is 4.79 Å². The van der Waals surface area contributed by atoms with E-state index in [4.69, 9.17) is 20.5 Å². The molecule has 0 aliphatic carbocycles. The quantitative estimate of drug-likeness (QED) is 0.434. The van der Waals surface area contributed by atoms with Crippen molar-refractivity contribution in [3.05, 3.63) is 21.3 Å². The van der Waals surface area contributed by atoms with E-state index in [2.05, 4.69) is 5.32 Å². The van der Waals surface area contributed by atoms with Gasteiger partial charge in [0.25, 0.3) is 5.91 Å². The Balaban J connectivity index is 2.73. The highest BCUT2D eigenvalue weighted by atomic mass is 127. The molecule has 108 valence electrons. The van der Waals surface area contributed by atoms with Gasteiger partial charge in [0.05, 0.1) is 27.5 Å². The first-order valence-corrected chi connectivity index (χ1v) is 7.00. The Morgan fingerprint density at radius 2 is 2.30 bits per heavy atom. The van der Waals surface area contributed by atoms with Crippen LogP contribution in [0.3, 0.4) is 0 Å². The van der Waals surface area contributed by atoms with Crippen LogP contribution in [0.2, 0.25) is 0 Å². The van der Waals surface area contributed by atoms with Crippen LogP contribution in [0, 0.1) is 14.9 Å². The standard InChI is InChI=1S/C13H16IN3O3/c1-8(13(18)17-3-4-19-2)20-12-10(14)5-9(7-15)6-11(12)16/h5-6,8H,3-4,16H2,1-2H3,(H,17,18). The number of anilines is 1. The Hall–Kier alpha value is -1.53. The van der Waals surface area contributed by atoms with Crippen molar-refractivity contribution in [3.63, 3.8) is 0 Å². The van der Waals surface area contributed by atoms with E-state index >= 15 is 0 Å².